The zero-order valence-corrected chi connectivity index (χ0v) is 16.4. The quantitative estimate of drug-likeness (QED) is 0.771. The summed E-state index contributed by atoms with van der Waals surface area (Å²) in [4.78, 5) is 36.2. The van der Waals surface area contributed by atoms with E-state index in [1.807, 2.05) is 6.92 Å². The molecule has 8 heteroatoms. The van der Waals surface area contributed by atoms with Gasteiger partial charge in [0.25, 0.3) is 0 Å². The van der Waals surface area contributed by atoms with Crippen LogP contribution < -0.4 is 9.64 Å². The van der Waals surface area contributed by atoms with Gasteiger partial charge in [0.05, 0.1) is 19.0 Å². The lowest BCUT2D eigenvalue weighted by Gasteiger charge is -2.32. The standard InChI is InChI=1S/C20H28N4O4/c1-20(7-8-20)28-19(26)23-10-5-15(6-11-23)14-27-17-13-21-16(12-22-17)24-9-3-2-4-18(24)25/h12-13,15H,2-11,14H2,1H3. The average Bonchev–Trinajstić information content (AvgIpc) is 3.44. The van der Waals surface area contributed by atoms with Gasteiger partial charge in [-0.1, -0.05) is 0 Å². The summed E-state index contributed by atoms with van der Waals surface area (Å²) >= 11 is 0. The molecule has 0 bridgehead atoms. The first-order valence-corrected chi connectivity index (χ1v) is 10.3. The molecule has 1 aromatic heterocycles. The fraction of sp³-hybridized carbons (Fsp3) is 0.700. The van der Waals surface area contributed by atoms with E-state index in [2.05, 4.69) is 9.97 Å². The minimum atomic E-state index is -0.222. The van der Waals surface area contributed by atoms with Crippen LogP contribution in [0.2, 0.25) is 0 Å². The number of nitrogens with zero attached hydrogens (tertiary/aromatic N) is 4. The van der Waals surface area contributed by atoms with Gasteiger partial charge in [0.1, 0.15) is 5.60 Å². The van der Waals surface area contributed by atoms with Gasteiger partial charge in [0.15, 0.2) is 5.82 Å². The highest BCUT2D eigenvalue weighted by atomic mass is 16.6. The zero-order valence-electron chi connectivity index (χ0n) is 16.4. The van der Waals surface area contributed by atoms with Crippen LogP contribution in [0.4, 0.5) is 10.6 Å². The molecule has 3 fully saturated rings. The third kappa shape index (κ3) is 4.54. The number of likely N-dealkylation sites (tertiary alicyclic amines) is 1. The first kappa shape index (κ1) is 19.0. The second kappa shape index (κ2) is 7.93. The Bertz CT molecular complexity index is 711. The molecule has 1 saturated carbocycles. The molecule has 0 unspecified atom stereocenters. The average molecular weight is 388 g/mol. The molecule has 1 aromatic rings. The number of carbonyl (C=O) groups is 2. The fourth-order valence-corrected chi connectivity index (χ4v) is 3.61. The molecule has 152 valence electrons. The van der Waals surface area contributed by atoms with Gasteiger partial charge in [0.2, 0.25) is 11.8 Å². The van der Waals surface area contributed by atoms with E-state index in [0.717, 1.165) is 38.5 Å². The van der Waals surface area contributed by atoms with Crippen molar-refractivity contribution in [3.8, 4) is 5.88 Å². The Balaban J connectivity index is 1.21. The van der Waals surface area contributed by atoms with Gasteiger partial charge in [-0.25, -0.2) is 14.8 Å². The summed E-state index contributed by atoms with van der Waals surface area (Å²) in [5.41, 5.74) is -0.222. The molecule has 2 amide bonds. The molecule has 4 rings (SSSR count). The Hall–Kier alpha value is -2.38. The number of hydrogen-bond donors (Lipinski definition) is 0. The maximum atomic E-state index is 12.2. The monoisotopic (exact) mass is 388 g/mol. The summed E-state index contributed by atoms with van der Waals surface area (Å²) in [6, 6.07) is 0. The van der Waals surface area contributed by atoms with Crippen LogP contribution in [0.15, 0.2) is 12.4 Å². The van der Waals surface area contributed by atoms with Crippen LogP contribution in [0, 0.1) is 5.92 Å². The van der Waals surface area contributed by atoms with E-state index >= 15 is 0 Å². The molecule has 0 N–H and O–H groups in total. The number of aromatic nitrogens is 2. The van der Waals surface area contributed by atoms with Crippen molar-refractivity contribution in [2.45, 2.75) is 57.5 Å². The molecule has 1 aliphatic carbocycles. The van der Waals surface area contributed by atoms with Crippen molar-refractivity contribution < 1.29 is 19.1 Å². The first-order valence-electron chi connectivity index (χ1n) is 10.3. The van der Waals surface area contributed by atoms with Crippen molar-refractivity contribution in [3.63, 3.8) is 0 Å². The number of hydrogen-bond acceptors (Lipinski definition) is 6. The van der Waals surface area contributed by atoms with Gasteiger partial charge in [-0.2, -0.15) is 0 Å². The molecule has 8 nitrogen and oxygen atoms in total. The number of carbonyl (C=O) groups excluding carboxylic acids is 2. The Labute approximate surface area is 165 Å². The lowest BCUT2D eigenvalue weighted by molar-refractivity contribution is -0.119. The highest BCUT2D eigenvalue weighted by Crippen LogP contribution is 2.39. The smallest absolute Gasteiger partial charge is 0.410 e. The fourth-order valence-electron chi connectivity index (χ4n) is 3.61. The Morgan fingerprint density at radius 2 is 1.96 bits per heavy atom. The molecule has 0 atom stereocenters. The van der Waals surface area contributed by atoms with E-state index in [1.54, 1.807) is 22.2 Å². The summed E-state index contributed by atoms with van der Waals surface area (Å²) in [5, 5.41) is 0. The van der Waals surface area contributed by atoms with Crippen molar-refractivity contribution in [2.75, 3.05) is 31.1 Å². The number of rotatable bonds is 5. The summed E-state index contributed by atoms with van der Waals surface area (Å²) < 4.78 is 11.3. The molecule has 2 saturated heterocycles. The highest BCUT2D eigenvalue weighted by Gasteiger charge is 2.43. The van der Waals surface area contributed by atoms with E-state index < -0.39 is 0 Å². The van der Waals surface area contributed by atoms with E-state index in [0.29, 0.717) is 50.3 Å². The summed E-state index contributed by atoms with van der Waals surface area (Å²) in [5.74, 6) is 1.55. The Morgan fingerprint density at radius 1 is 1.18 bits per heavy atom. The van der Waals surface area contributed by atoms with Gasteiger partial charge in [-0.05, 0) is 51.4 Å². The number of amides is 2. The van der Waals surface area contributed by atoms with Gasteiger partial charge in [0, 0.05) is 26.1 Å². The second-order valence-electron chi connectivity index (χ2n) is 8.27. The van der Waals surface area contributed by atoms with Crippen LogP contribution in [0.1, 0.15) is 51.9 Å². The summed E-state index contributed by atoms with van der Waals surface area (Å²) in [6.45, 7) is 4.64. The molecule has 3 aliphatic rings. The maximum Gasteiger partial charge on any atom is 0.410 e. The van der Waals surface area contributed by atoms with Crippen molar-refractivity contribution in [3.05, 3.63) is 12.4 Å². The maximum absolute atomic E-state index is 12.2. The molecule has 0 radical (unpaired) electrons. The predicted molar refractivity (Wildman–Crippen MR) is 102 cm³/mol. The minimum absolute atomic E-state index is 0.107. The number of ether oxygens (including phenoxy) is 2. The van der Waals surface area contributed by atoms with Crippen molar-refractivity contribution >= 4 is 17.8 Å². The van der Waals surface area contributed by atoms with Crippen LogP contribution in [-0.4, -0.2) is 58.7 Å². The minimum Gasteiger partial charge on any atom is -0.476 e. The normalized spacial score (nSPS) is 22.1. The zero-order chi connectivity index (χ0) is 19.6. The number of piperidine rings is 2. The van der Waals surface area contributed by atoms with Crippen LogP contribution in [-0.2, 0) is 9.53 Å². The van der Waals surface area contributed by atoms with Gasteiger partial charge in [-0.15, -0.1) is 0 Å². The molecular formula is C20H28N4O4. The molecule has 0 aromatic carbocycles. The molecule has 0 spiro atoms. The Kier molecular flexibility index (Phi) is 5.37. The molecule has 2 aliphatic heterocycles. The largest absolute Gasteiger partial charge is 0.476 e. The van der Waals surface area contributed by atoms with Crippen molar-refractivity contribution in [2.24, 2.45) is 5.92 Å². The van der Waals surface area contributed by atoms with E-state index in [-0.39, 0.29) is 17.6 Å². The second-order valence-corrected chi connectivity index (χ2v) is 8.27. The van der Waals surface area contributed by atoms with E-state index in [9.17, 15) is 9.59 Å². The van der Waals surface area contributed by atoms with Crippen LogP contribution >= 0.6 is 0 Å². The topological polar surface area (TPSA) is 84.9 Å². The summed E-state index contributed by atoms with van der Waals surface area (Å²) in [6.07, 6.45) is 9.23. The Morgan fingerprint density at radius 3 is 2.61 bits per heavy atom. The molecule has 28 heavy (non-hydrogen) atoms. The van der Waals surface area contributed by atoms with Crippen LogP contribution in [0.5, 0.6) is 5.88 Å². The van der Waals surface area contributed by atoms with Gasteiger partial charge in [-0.3, -0.25) is 9.69 Å². The van der Waals surface area contributed by atoms with E-state index in [1.165, 1.54) is 0 Å². The number of anilines is 1. The molecule has 3 heterocycles. The highest BCUT2D eigenvalue weighted by molar-refractivity contribution is 5.92. The lowest BCUT2D eigenvalue weighted by atomic mass is 9.98. The van der Waals surface area contributed by atoms with Gasteiger partial charge < -0.3 is 14.4 Å². The van der Waals surface area contributed by atoms with Crippen molar-refractivity contribution in [1.29, 1.82) is 0 Å². The van der Waals surface area contributed by atoms with Crippen LogP contribution in [0.25, 0.3) is 0 Å². The SMILES string of the molecule is CC1(OC(=O)N2CCC(COc3cnc(N4CCCCC4=O)cn3)CC2)CC1. The van der Waals surface area contributed by atoms with Crippen molar-refractivity contribution in [1.82, 2.24) is 14.9 Å². The lowest BCUT2D eigenvalue weighted by Crippen LogP contribution is -2.41. The van der Waals surface area contributed by atoms with Gasteiger partial charge >= 0.3 is 6.09 Å². The van der Waals surface area contributed by atoms with E-state index in [4.69, 9.17) is 9.47 Å². The molecular weight excluding hydrogens is 360 g/mol. The third-order valence-electron chi connectivity index (χ3n) is 5.84. The summed E-state index contributed by atoms with van der Waals surface area (Å²) in [7, 11) is 0. The first-order chi connectivity index (χ1) is 13.5. The van der Waals surface area contributed by atoms with Crippen LogP contribution in [0.3, 0.4) is 0 Å². The predicted octanol–water partition coefficient (Wildman–Crippen LogP) is 2.77. The third-order valence-corrected chi connectivity index (χ3v) is 5.84.